The van der Waals surface area contributed by atoms with Gasteiger partial charge in [0.25, 0.3) is 5.91 Å². The van der Waals surface area contributed by atoms with E-state index in [0.29, 0.717) is 11.2 Å². The Morgan fingerprint density at radius 3 is 2.33 bits per heavy atom. The summed E-state index contributed by atoms with van der Waals surface area (Å²) in [6.07, 6.45) is -4.11. The number of halogens is 4. The van der Waals surface area contributed by atoms with E-state index >= 15 is 0 Å². The van der Waals surface area contributed by atoms with Gasteiger partial charge in [0, 0.05) is 13.1 Å². The zero-order valence-electron chi connectivity index (χ0n) is 16.4. The number of aromatic nitrogens is 2. The number of hydrogen-bond donors (Lipinski definition) is 1. The Bertz CT molecular complexity index is 1040. The highest BCUT2D eigenvalue weighted by Crippen LogP contribution is 2.34. The molecule has 5 nitrogen and oxygen atoms in total. The molecule has 2 aromatic carbocycles. The van der Waals surface area contributed by atoms with Gasteiger partial charge in [0.2, 0.25) is 0 Å². The molecule has 0 aliphatic carbocycles. The fourth-order valence-corrected chi connectivity index (χ4v) is 3.09. The second-order valence-corrected chi connectivity index (χ2v) is 6.96. The lowest BCUT2D eigenvalue weighted by Gasteiger charge is -2.15. The molecule has 0 atom stereocenters. The van der Waals surface area contributed by atoms with Crippen molar-refractivity contribution in [2.24, 2.45) is 0 Å². The monoisotopic (exact) mass is 420 g/mol. The van der Waals surface area contributed by atoms with Gasteiger partial charge in [-0.3, -0.25) is 4.79 Å². The molecule has 0 aliphatic heterocycles. The highest BCUT2D eigenvalue weighted by molar-refractivity contribution is 5.95. The fourth-order valence-electron chi connectivity index (χ4n) is 3.09. The fraction of sp³-hybridized carbons (Fsp3) is 0.238. The minimum absolute atomic E-state index is 0.0466. The highest BCUT2D eigenvalue weighted by Gasteiger charge is 2.41. The summed E-state index contributed by atoms with van der Waals surface area (Å²) >= 11 is 0. The van der Waals surface area contributed by atoms with Crippen molar-refractivity contribution in [3.63, 3.8) is 0 Å². The van der Waals surface area contributed by atoms with Crippen molar-refractivity contribution >= 4 is 5.91 Å². The van der Waals surface area contributed by atoms with Crippen molar-refractivity contribution in [3.05, 3.63) is 82.9 Å². The number of hydrogen-bond acceptors (Lipinski definition) is 3. The molecule has 0 spiro atoms. The summed E-state index contributed by atoms with van der Waals surface area (Å²) in [7, 11) is 3.78. The minimum Gasteiger partial charge on any atom is -0.348 e. The highest BCUT2D eigenvalue weighted by atomic mass is 19.4. The third-order valence-corrected chi connectivity index (χ3v) is 4.41. The van der Waals surface area contributed by atoms with Crippen LogP contribution in [0.3, 0.4) is 0 Å². The van der Waals surface area contributed by atoms with Gasteiger partial charge in [-0.05, 0) is 37.4 Å². The predicted octanol–water partition coefficient (Wildman–Crippen LogP) is 4.02. The number of carbonyl (C=O) groups excluding carboxylic acids is 1. The molecular formula is C21H20F4N4O. The number of benzene rings is 2. The summed E-state index contributed by atoms with van der Waals surface area (Å²) in [6, 6.07) is 12.3. The molecule has 0 saturated carbocycles. The Morgan fingerprint density at radius 2 is 1.70 bits per heavy atom. The van der Waals surface area contributed by atoms with Gasteiger partial charge in [0.15, 0.2) is 5.69 Å². The van der Waals surface area contributed by atoms with E-state index in [-0.39, 0.29) is 12.2 Å². The number of amides is 1. The van der Waals surface area contributed by atoms with E-state index in [9.17, 15) is 22.4 Å². The lowest BCUT2D eigenvalue weighted by molar-refractivity contribution is -0.143. The van der Waals surface area contributed by atoms with Crippen molar-refractivity contribution in [3.8, 4) is 5.69 Å². The van der Waals surface area contributed by atoms with Crippen LogP contribution in [0.2, 0.25) is 0 Å². The van der Waals surface area contributed by atoms with Crippen molar-refractivity contribution in [2.75, 3.05) is 14.1 Å². The van der Waals surface area contributed by atoms with Crippen LogP contribution >= 0.6 is 0 Å². The maximum atomic E-state index is 14.0. The number of alkyl halides is 3. The number of nitrogens with zero attached hydrogens (tertiary/aromatic N) is 3. The summed E-state index contributed by atoms with van der Waals surface area (Å²) in [4.78, 5) is 14.5. The average Bonchev–Trinajstić information content (AvgIpc) is 3.12. The first-order valence-corrected chi connectivity index (χ1v) is 9.08. The summed E-state index contributed by atoms with van der Waals surface area (Å²) in [5.74, 6) is -1.82. The Balaban J connectivity index is 1.90. The van der Waals surface area contributed by atoms with Crippen LogP contribution in [0.1, 0.15) is 27.2 Å². The van der Waals surface area contributed by atoms with Crippen molar-refractivity contribution in [1.82, 2.24) is 20.0 Å². The first kappa shape index (κ1) is 21.5. The maximum Gasteiger partial charge on any atom is 0.434 e. The van der Waals surface area contributed by atoms with Gasteiger partial charge in [-0.25, -0.2) is 9.07 Å². The third kappa shape index (κ3) is 4.68. The third-order valence-electron chi connectivity index (χ3n) is 4.41. The summed E-state index contributed by atoms with van der Waals surface area (Å²) < 4.78 is 55.6. The van der Waals surface area contributed by atoms with Gasteiger partial charge < -0.3 is 10.2 Å². The first-order valence-electron chi connectivity index (χ1n) is 9.08. The van der Waals surface area contributed by atoms with Crippen LogP contribution in [0.25, 0.3) is 5.69 Å². The molecule has 158 valence electrons. The largest absolute Gasteiger partial charge is 0.434 e. The Hall–Kier alpha value is -3.20. The summed E-state index contributed by atoms with van der Waals surface area (Å²) in [5, 5.41) is 6.15. The van der Waals surface area contributed by atoms with Crippen molar-refractivity contribution in [1.29, 1.82) is 0 Å². The van der Waals surface area contributed by atoms with Crippen LogP contribution < -0.4 is 5.32 Å². The van der Waals surface area contributed by atoms with Crippen LogP contribution in [0.4, 0.5) is 17.6 Å². The molecule has 3 aromatic rings. The second-order valence-electron chi connectivity index (χ2n) is 6.96. The average molecular weight is 420 g/mol. The van der Waals surface area contributed by atoms with Gasteiger partial charge in [0.1, 0.15) is 11.5 Å². The molecule has 0 saturated heterocycles. The van der Waals surface area contributed by atoms with Gasteiger partial charge in [0.05, 0.1) is 11.8 Å². The normalized spacial score (nSPS) is 11.7. The smallest absolute Gasteiger partial charge is 0.348 e. The van der Waals surface area contributed by atoms with Gasteiger partial charge in [-0.1, -0.05) is 36.4 Å². The Kier molecular flexibility index (Phi) is 6.21. The Morgan fingerprint density at radius 1 is 1.07 bits per heavy atom. The van der Waals surface area contributed by atoms with Crippen molar-refractivity contribution in [2.45, 2.75) is 19.3 Å². The number of rotatable bonds is 6. The number of carbonyl (C=O) groups is 1. The molecule has 1 aromatic heterocycles. The molecule has 0 aliphatic rings. The lowest BCUT2D eigenvalue weighted by Crippen LogP contribution is -2.27. The molecule has 3 rings (SSSR count). The van der Waals surface area contributed by atoms with E-state index in [2.05, 4.69) is 10.4 Å². The molecule has 0 bridgehead atoms. The van der Waals surface area contributed by atoms with E-state index in [0.717, 1.165) is 29.5 Å². The Labute approximate surface area is 170 Å². The molecule has 0 unspecified atom stereocenters. The number of para-hydroxylation sites is 1. The molecule has 0 fully saturated rings. The maximum absolute atomic E-state index is 14.0. The van der Waals surface area contributed by atoms with E-state index < -0.39 is 29.2 Å². The standard InChI is InChI=1S/C21H20F4N4O/c1-28(2)13-15-8-4-3-7-14(15)11-26-20(30)16-12-27-29(19(16)21(23,24)25)18-10-6-5-9-17(18)22/h3-10,12H,11,13H2,1-2H3,(H,26,30). The SMILES string of the molecule is CN(C)Cc1ccccc1CNC(=O)c1cnn(-c2ccccc2F)c1C(F)(F)F. The van der Waals surface area contributed by atoms with E-state index in [4.69, 9.17) is 0 Å². The van der Waals surface area contributed by atoms with E-state index in [1.165, 1.54) is 12.1 Å². The lowest BCUT2D eigenvalue weighted by atomic mass is 10.1. The molecular weight excluding hydrogens is 400 g/mol. The van der Waals surface area contributed by atoms with Crippen LogP contribution in [-0.2, 0) is 19.3 Å². The van der Waals surface area contributed by atoms with Crippen LogP contribution in [0.5, 0.6) is 0 Å². The van der Waals surface area contributed by atoms with E-state index in [1.807, 2.05) is 31.1 Å². The van der Waals surface area contributed by atoms with E-state index in [1.54, 1.807) is 12.1 Å². The topological polar surface area (TPSA) is 50.2 Å². The zero-order chi connectivity index (χ0) is 21.9. The first-order chi connectivity index (χ1) is 14.2. The van der Waals surface area contributed by atoms with Gasteiger partial charge >= 0.3 is 6.18 Å². The number of nitrogens with one attached hydrogen (secondary N) is 1. The van der Waals surface area contributed by atoms with Crippen LogP contribution in [0.15, 0.2) is 54.7 Å². The molecule has 9 heteroatoms. The molecule has 30 heavy (non-hydrogen) atoms. The molecule has 1 amide bonds. The quantitative estimate of drug-likeness (QED) is 0.613. The minimum atomic E-state index is -4.91. The van der Waals surface area contributed by atoms with Crippen LogP contribution in [-0.4, -0.2) is 34.7 Å². The molecule has 0 radical (unpaired) electrons. The summed E-state index contributed by atoms with van der Waals surface area (Å²) in [6.45, 7) is 0.663. The zero-order valence-corrected chi connectivity index (χ0v) is 16.4. The van der Waals surface area contributed by atoms with Crippen LogP contribution in [0, 0.1) is 5.82 Å². The molecule has 1 heterocycles. The van der Waals surface area contributed by atoms with Gasteiger partial charge in [-0.2, -0.15) is 18.3 Å². The predicted molar refractivity (Wildman–Crippen MR) is 104 cm³/mol. The summed E-state index contributed by atoms with van der Waals surface area (Å²) in [5.41, 5.74) is -0.654. The van der Waals surface area contributed by atoms with Gasteiger partial charge in [-0.15, -0.1) is 0 Å². The second kappa shape index (κ2) is 8.66. The van der Waals surface area contributed by atoms with Crippen molar-refractivity contribution < 1.29 is 22.4 Å². The molecule has 1 N–H and O–H groups in total.